The van der Waals surface area contributed by atoms with Gasteiger partial charge in [-0.2, -0.15) is 0 Å². The summed E-state index contributed by atoms with van der Waals surface area (Å²) in [4.78, 5) is 24.7. The molecule has 7 unspecified atom stereocenters. The van der Waals surface area contributed by atoms with Gasteiger partial charge in [0, 0.05) is 23.4 Å². The van der Waals surface area contributed by atoms with E-state index in [2.05, 4.69) is 44.4 Å². The van der Waals surface area contributed by atoms with Crippen molar-refractivity contribution in [3.63, 3.8) is 0 Å². The van der Waals surface area contributed by atoms with Gasteiger partial charge < -0.3 is 10.6 Å². The van der Waals surface area contributed by atoms with E-state index < -0.39 is 0 Å². The van der Waals surface area contributed by atoms with Gasteiger partial charge in [0.1, 0.15) is 0 Å². The fourth-order valence-corrected chi connectivity index (χ4v) is 7.15. The van der Waals surface area contributed by atoms with E-state index in [1.165, 1.54) is 19.3 Å². The molecule has 4 rings (SSSR count). The smallest absolute Gasteiger partial charge is 0.243 e. The molecule has 7 atom stereocenters. The molecule has 4 aliphatic rings. The monoisotopic (exact) mass is 358 g/mol. The van der Waals surface area contributed by atoms with E-state index in [1.807, 2.05) is 0 Å². The predicted molar refractivity (Wildman–Crippen MR) is 102 cm³/mol. The van der Waals surface area contributed by atoms with Gasteiger partial charge in [0.25, 0.3) is 0 Å². The zero-order chi connectivity index (χ0) is 18.7. The number of amides is 2. The van der Waals surface area contributed by atoms with Gasteiger partial charge in [-0.25, -0.2) is 0 Å². The molecule has 0 spiro atoms. The van der Waals surface area contributed by atoms with Crippen molar-refractivity contribution in [2.24, 2.45) is 34.5 Å². The molecule has 0 aromatic rings. The number of carbonyl (C=O) groups excluding carboxylic acids is 2. The van der Waals surface area contributed by atoms with Crippen LogP contribution in [0, 0.1) is 34.5 Å². The van der Waals surface area contributed by atoms with Crippen molar-refractivity contribution >= 4 is 11.8 Å². The quantitative estimate of drug-likeness (QED) is 0.794. The van der Waals surface area contributed by atoms with Crippen LogP contribution in [0.3, 0.4) is 0 Å². The van der Waals surface area contributed by atoms with E-state index in [0.29, 0.717) is 17.8 Å². The van der Waals surface area contributed by atoms with Gasteiger partial charge in [0.05, 0.1) is 0 Å². The second-order valence-electron chi connectivity index (χ2n) is 10.1. The predicted octanol–water partition coefficient (Wildman–Crippen LogP) is 3.42. The summed E-state index contributed by atoms with van der Waals surface area (Å²) in [6, 6.07) is 0.499. The van der Waals surface area contributed by atoms with Crippen LogP contribution in [0.25, 0.3) is 0 Å². The molecule has 1 heterocycles. The van der Waals surface area contributed by atoms with E-state index in [1.54, 1.807) is 6.08 Å². The average molecular weight is 359 g/mol. The van der Waals surface area contributed by atoms with Gasteiger partial charge in [0.2, 0.25) is 11.8 Å². The molecule has 0 saturated heterocycles. The Bertz CT molecular complexity index is 642. The molecule has 0 bridgehead atoms. The fraction of sp³-hybridized carbons (Fsp3) is 0.818. The Morgan fingerprint density at radius 1 is 1.15 bits per heavy atom. The minimum absolute atomic E-state index is 0.0675. The Balaban J connectivity index is 1.59. The SMILES string of the molecule is CC(C)NC(=O)C1CCC2C3CCC4NC(=O)C=CC4(C)C3CCC12C. The van der Waals surface area contributed by atoms with Crippen molar-refractivity contribution in [1.29, 1.82) is 0 Å². The normalized spacial score (nSPS) is 47.0. The number of hydrogen-bond donors (Lipinski definition) is 2. The minimum atomic E-state index is 0.0675. The molecule has 0 aromatic carbocycles. The van der Waals surface area contributed by atoms with E-state index in [-0.39, 0.29) is 40.6 Å². The Morgan fingerprint density at radius 2 is 1.92 bits per heavy atom. The highest BCUT2D eigenvalue weighted by atomic mass is 16.2. The lowest BCUT2D eigenvalue weighted by molar-refractivity contribution is -0.134. The van der Waals surface area contributed by atoms with Crippen molar-refractivity contribution in [3.05, 3.63) is 12.2 Å². The molecular formula is C22H34N2O2. The summed E-state index contributed by atoms with van der Waals surface area (Å²) in [5, 5.41) is 6.39. The second-order valence-corrected chi connectivity index (χ2v) is 10.1. The molecule has 4 heteroatoms. The topological polar surface area (TPSA) is 58.2 Å². The number of carbonyl (C=O) groups is 2. The highest BCUT2D eigenvalue weighted by molar-refractivity contribution is 5.89. The Kier molecular flexibility index (Phi) is 4.24. The first-order chi connectivity index (χ1) is 12.3. The Hall–Kier alpha value is -1.32. The number of fused-ring (bicyclic) bond motifs is 5. The van der Waals surface area contributed by atoms with Crippen LogP contribution in [0.1, 0.15) is 66.2 Å². The third-order valence-electron chi connectivity index (χ3n) is 8.43. The Morgan fingerprint density at radius 3 is 2.65 bits per heavy atom. The molecule has 0 radical (unpaired) electrons. The summed E-state index contributed by atoms with van der Waals surface area (Å²) in [6.45, 7) is 8.84. The van der Waals surface area contributed by atoms with Gasteiger partial charge in [0.15, 0.2) is 0 Å². The van der Waals surface area contributed by atoms with E-state index >= 15 is 0 Å². The summed E-state index contributed by atoms with van der Waals surface area (Å²) in [5.74, 6) is 2.47. The summed E-state index contributed by atoms with van der Waals surface area (Å²) in [5.41, 5.74) is 0.224. The van der Waals surface area contributed by atoms with E-state index in [4.69, 9.17) is 0 Å². The van der Waals surface area contributed by atoms with Gasteiger partial charge in [-0.3, -0.25) is 9.59 Å². The van der Waals surface area contributed by atoms with Crippen LogP contribution >= 0.6 is 0 Å². The third kappa shape index (κ3) is 2.55. The lowest BCUT2D eigenvalue weighted by Crippen LogP contribution is -2.59. The lowest BCUT2D eigenvalue weighted by atomic mass is 9.48. The average Bonchev–Trinajstić information content (AvgIpc) is 2.92. The zero-order valence-electron chi connectivity index (χ0n) is 16.7. The molecule has 3 saturated carbocycles. The van der Waals surface area contributed by atoms with Crippen molar-refractivity contribution in [2.45, 2.75) is 78.3 Å². The summed E-state index contributed by atoms with van der Waals surface area (Å²) in [7, 11) is 0. The van der Waals surface area contributed by atoms with Crippen LogP contribution in [0.15, 0.2) is 12.2 Å². The molecular weight excluding hydrogens is 324 g/mol. The fourth-order valence-electron chi connectivity index (χ4n) is 7.15. The molecule has 2 amide bonds. The van der Waals surface area contributed by atoms with Crippen LogP contribution < -0.4 is 10.6 Å². The van der Waals surface area contributed by atoms with Crippen LogP contribution in [-0.2, 0) is 9.59 Å². The van der Waals surface area contributed by atoms with Crippen LogP contribution in [0.2, 0.25) is 0 Å². The first-order valence-corrected chi connectivity index (χ1v) is 10.6. The van der Waals surface area contributed by atoms with Crippen molar-refractivity contribution in [2.75, 3.05) is 0 Å². The van der Waals surface area contributed by atoms with Gasteiger partial charge in [-0.05, 0) is 81.6 Å². The Labute approximate surface area is 157 Å². The largest absolute Gasteiger partial charge is 0.354 e. The van der Waals surface area contributed by atoms with E-state index in [9.17, 15) is 9.59 Å². The summed E-state index contributed by atoms with van der Waals surface area (Å²) < 4.78 is 0. The first-order valence-electron chi connectivity index (χ1n) is 10.6. The number of hydrogen-bond acceptors (Lipinski definition) is 2. The standard InChI is InChI=1S/C22H34N2O2/c1-13(2)23-20(26)17-7-6-15-14-5-8-18-22(4,12-10-19(25)24-18)16(14)9-11-21(15,17)3/h10,12-18H,5-9,11H2,1-4H3,(H,23,26)(H,24,25). The molecule has 3 aliphatic carbocycles. The van der Waals surface area contributed by atoms with Gasteiger partial charge in [-0.15, -0.1) is 0 Å². The van der Waals surface area contributed by atoms with Crippen molar-refractivity contribution in [3.8, 4) is 0 Å². The molecule has 2 N–H and O–H groups in total. The van der Waals surface area contributed by atoms with Gasteiger partial charge in [-0.1, -0.05) is 19.9 Å². The molecule has 144 valence electrons. The first kappa shape index (κ1) is 18.1. The summed E-state index contributed by atoms with van der Waals surface area (Å²) in [6.07, 6.45) is 10.8. The van der Waals surface area contributed by atoms with Crippen LogP contribution in [0.5, 0.6) is 0 Å². The molecule has 1 aliphatic heterocycles. The number of nitrogens with one attached hydrogen (secondary N) is 2. The molecule has 4 nitrogen and oxygen atoms in total. The third-order valence-corrected chi connectivity index (χ3v) is 8.43. The number of rotatable bonds is 2. The van der Waals surface area contributed by atoms with Crippen molar-refractivity contribution in [1.82, 2.24) is 10.6 Å². The maximum atomic E-state index is 12.8. The maximum Gasteiger partial charge on any atom is 0.243 e. The summed E-state index contributed by atoms with van der Waals surface area (Å²) >= 11 is 0. The lowest BCUT2D eigenvalue weighted by Gasteiger charge is -2.58. The minimum Gasteiger partial charge on any atom is -0.354 e. The zero-order valence-corrected chi connectivity index (χ0v) is 16.7. The maximum absolute atomic E-state index is 12.8. The molecule has 26 heavy (non-hydrogen) atoms. The van der Waals surface area contributed by atoms with Crippen LogP contribution in [0.4, 0.5) is 0 Å². The molecule has 0 aromatic heterocycles. The van der Waals surface area contributed by atoms with E-state index in [0.717, 1.165) is 19.3 Å². The molecule has 3 fully saturated rings. The highest BCUT2D eigenvalue weighted by Gasteiger charge is 2.60. The van der Waals surface area contributed by atoms with Gasteiger partial charge >= 0.3 is 0 Å². The van der Waals surface area contributed by atoms with Crippen molar-refractivity contribution < 1.29 is 9.59 Å². The highest BCUT2D eigenvalue weighted by Crippen LogP contribution is 2.64. The second kappa shape index (κ2) is 6.10. The van der Waals surface area contributed by atoms with Crippen LogP contribution in [-0.4, -0.2) is 23.9 Å².